The summed E-state index contributed by atoms with van der Waals surface area (Å²) < 4.78 is 6.44. The number of benzene rings is 2. The van der Waals surface area contributed by atoms with Gasteiger partial charge >= 0.3 is 0 Å². The van der Waals surface area contributed by atoms with Gasteiger partial charge < -0.3 is 20.3 Å². The second-order valence-corrected chi connectivity index (χ2v) is 10.9. The molecule has 1 spiro atoms. The molecular formula is C30H33N3O4. The van der Waals surface area contributed by atoms with Crippen molar-refractivity contribution in [3.63, 3.8) is 0 Å². The van der Waals surface area contributed by atoms with Gasteiger partial charge in [0.1, 0.15) is 11.6 Å². The number of aryl methyl sites for hydroxylation is 1. The largest absolute Gasteiger partial charge is 0.359 e. The number of ether oxygens (including phenoxy) is 1. The summed E-state index contributed by atoms with van der Waals surface area (Å²) in [6.45, 7) is 2.27. The van der Waals surface area contributed by atoms with Crippen LogP contribution in [-0.2, 0) is 25.7 Å². The maximum Gasteiger partial charge on any atom is 0.246 e. The van der Waals surface area contributed by atoms with Gasteiger partial charge in [0, 0.05) is 18.3 Å². The third kappa shape index (κ3) is 4.15. The fraction of sp³-hybridized carbons (Fsp3) is 0.433. The van der Waals surface area contributed by atoms with Crippen LogP contribution in [0.3, 0.4) is 0 Å². The molecule has 3 heterocycles. The molecule has 4 aliphatic rings. The Morgan fingerprint density at radius 3 is 2.46 bits per heavy atom. The maximum absolute atomic E-state index is 14.0. The van der Waals surface area contributed by atoms with E-state index in [-0.39, 0.29) is 30.3 Å². The van der Waals surface area contributed by atoms with E-state index < -0.39 is 29.6 Å². The first-order valence-electron chi connectivity index (χ1n) is 13.4. The van der Waals surface area contributed by atoms with Gasteiger partial charge in [-0.15, -0.1) is 0 Å². The Balaban J connectivity index is 1.32. The number of nitrogens with one attached hydrogen (secondary N) is 2. The normalized spacial score (nSPS) is 30.4. The molecule has 2 aromatic rings. The van der Waals surface area contributed by atoms with E-state index in [4.69, 9.17) is 4.74 Å². The second-order valence-electron chi connectivity index (χ2n) is 10.9. The number of carbonyl (C=O) groups is 3. The van der Waals surface area contributed by atoms with Crippen molar-refractivity contribution < 1.29 is 19.1 Å². The standard InChI is InChI=1S/C30H33N3O4/c1-19-12-14-22(15-13-19)31-27(34)24-23-16-17-30(37-23)25(24)29(36)33(18-20-8-4-2-5-9-20)26(30)28(35)32-21-10-6-3-7-11-21/h2,4-5,8-9,12-17,21,23-26H,3,6-7,10-11,18H2,1H3,(H,31,34)(H,32,35). The van der Waals surface area contributed by atoms with Gasteiger partial charge in [0.15, 0.2) is 0 Å². The molecule has 5 atom stereocenters. The highest BCUT2D eigenvalue weighted by Crippen LogP contribution is 2.55. The number of nitrogens with zero attached hydrogens (tertiary/aromatic N) is 1. The van der Waals surface area contributed by atoms with Crippen LogP contribution in [-0.4, -0.2) is 46.4 Å². The molecule has 0 aromatic heterocycles. The van der Waals surface area contributed by atoms with Gasteiger partial charge in [-0.2, -0.15) is 0 Å². The van der Waals surface area contributed by atoms with Crippen LogP contribution in [0.15, 0.2) is 66.7 Å². The summed E-state index contributed by atoms with van der Waals surface area (Å²) in [5.74, 6) is -2.11. The van der Waals surface area contributed by atoms with E-state index in [1.165, 1.54) is 6.42 Å². The van der Waals surface area contributed by atoms with Gasteiger partial charge in [0.25, 0.3) is 0 Å². The maximum atomic E-state index is 14.0. The van der Waals surface area contributed by atoms with Gasteiger partial charge in [-0.1, -0.05) is 79.4 Å². The lowest BCUT2D eigenvalue weighted by molar-refractivity contribution is -0.142. The van der Waals surface area contributed by atoms with Crippen molar-refractivity contribution in [1.82, 2.24) is 10.2 Å². The summed E-state index contributed by atoms with van der Waals surface area (Å²) in [6.07, 6.45) is 8.45. The van der Waals surface area contributed by atoms with E-state index in [0.29, 0.717) is 5.69 Å². The van der Waals surface area contributed by atoms with E-state index in [1.807, 2.05) is 73.7 Å². The van der Waals surface area contributed by atoms with Crippen molar-refractivity contribution in [3.05, 3.63) is 77.9 Å². The summed E-state index contributed by atoms with van der Waals surface area (Å²) in [5.41, 5.74) is 1.55. The Labute approximate surface area is 217 Å². The van der Waals surface area contributed by atoms with Gasteiger partial charge in [0.2, 0.25) is 17.7 Å². The molecule has 3 fully saturated rings. The Morgan fingerprint density at radius 1 is 1.00 bits per heavy atom. The molecule has 7 nitrogen and oxygen atoms in total. The molecule has 0 radical (unpaired) electrons. The Hall–Kier alpha value is -3.45. The molecular weight excluding hydrogens is 466 g/mol. The quantitative estimate of drug-likeness (QED) is 0.593. The number of fused-ring (bicyclic) bond motifs is 1. The van der Waals surface area contributed by atoms with Crippen LogP contribution in [0.2, 0.25) is 0 Å². The lowest BCUT2D eigenvalue weighted by atomic mass is 9.74. The minimum atomic E-state index is -1.15. The van der Waals surface area contributed by atoms with Crippen LogP contribution in [0.5, 0.6) is 0 Å². The molecule has 2 aromatic carbocycles. The summed E-state index contributed by atoms with van der Waals surface area (Å²) in [6, 6.07) is 16.5. The fourth-order valence-electron chi connectivity index (χ4n) is 6.61. The summed E-state index contributed by atoms with van der Waals surface area (Å²) >= 11 is 0. The van der Waals surface area contributed by atoms with E-state index in [9.17, 15) is 14.4 Å². The number of anilines is 1. The zero-order valence-corrected chi connectivity index (χ0v) is 21.1. The van der Waals surface area contributed by atoms with Gasteiger partial charge in [-0.25, -0.2) is 0 Å². The van der Waals surface area contributed by atoms with Crippen molar-refractivity contribution in [2.24, 2.45) is 11.8 Å². The van der Waals surface area contributed by atoms with Crippen molar-refractivity contribution in [3.8, 4) is 0 Å². The van der Waals surface area contributed by atoms with Crippen LogP contribution >= 0.6 is 0 Å². The predicted octanol–water partition coefficient (Wildman–Crippen LogP) is 3.73. The Morgan fingerprint density at radius 2 is 1.73 bits per heavy atom. The molecule has 37 heavy (non-hydrogen) atoms. The number of likely N-dealkylation sites (tertiary alicyclic amines) is 1. The minimum Gasteiger partial charge on any atom is -0.359 e. The van der Waals surface area contributed by atoms with Crippen molar-refractivity contribution in [1.29, 1.82) is 0 Å². The van der Waals surface area contributed by atoms with E-state index in [0.717, 1.165) is 36.8 Å². The summed E-state index contributed by atoms with van der Waals surface area (Å²) in [7, 11) is 0. The Kier molecular flexibility index (Phi) is 6.11. The highest BCUT2D eigenvalue weighted by Gasteiger charge is 2.72. The lowest BCUT2D eigenvalue weighted by Crippen LogP contribution is -2.56. The van der Waals surface area contributed by atoms with Gasteiger partial charge in [-0.3, -0.25) is 14.4 Å². The number of hydrogen-bond donors (Lipinski definition) is 2. The SMILES string of the molecule is Cc1ccc(NC(=O)C2C3C=CC4(O3)C2C(=O)N(Cc2ccccc2)C4C(=O)NC2CCCCC2)cc1. The molecule has 2 bridgehead atoms. The predicted molar refractivity (Wildman–Crippen MR) is 139 cm³/mol. The average molecular weight is 500 g/mol. The molecule has 3 amide bonds. The number of rotatable bonds is 6. The third-order valence-electron chi connectivity index (χ3n) is 8.39. The van der Waals surface area contributed by atoms with Crippen LogP contribution < -0.4 is 10.6 Å². The first kappa shape index (κ1) is 23.9. The topological polar surface area (TPSA) is 87.7 Å². The summed E-state index contributed by atoms with van der Waals surface area (Å²) in [4.78, 5) is 43.1. The zero-order chi connectivity index (χ0) is 25.6. The fourth-order valence-corrected chi connectivity index (χ4v) is 6.61. The molecule has 192 valence electrons. The minimum absolute atomic E-state index is 0.105. The highest BCUT2D eigenvalue weighted by atomic mass is 16.5. The average Bonchev–Trinajstić information content (AvgIpc) is 3.54. The number of amides is 3. The monoisotopic (exact) mass is 499 g/mol. The second kappa shape index (κ2) is 9.45. The smallest absolute Gasteiger partial charge is 0.246 e. The van der Waals surface area contributed by atoms with Crippen molar-refractivity contribution in [2.45, 2.75) is 69.4 Å². The Bertz CT molecular complexity index is 1220. The highest BCUT2D eigenvalue weighted by molar-refractivity contribution is 6.02. The molecule has 6 rings (SSSR count). The van der Waals surface area contributed by atoms with Crippen LogP contribution in [0.4, 0.5) is 5.69 Å². The van der Waals surface area contributed by atoms with E-state index in [1.54, 1.807) is 4.90 Å². The van der Waals surface area contributed by atoms with Crippen molar-refractivity contribution >= 4 is 23.4 Å². The van der Waals surface area contributed by atoms with Crippen LogP contribution in [0.1, 0.15) is 43.2 Å². The molecule has 2 N–H and O–H groups in total. The molecule has 1 saturated carbocycles. The molecule has 5 unspecified atom stereocenters. The van der Waals surface area contributed by atoms with Crippen molar-refractivity contribution in [2.75, 3.05) is 5.32 Å². The third-order valence-corrected chi connectivity index (χ3v) is 8.39. The summed E-state index contributed by atoms with van der Waals surface area (Å²) in [5, 5.41) is 6.21. The van der Waals surface area contributed by atoms with E-state index >= 15 is 0 Å². The van der Waals surface area contributed by atoms with Crippen LogP contribution in [0, 0.1) is 18.8 Å². The zero-order valence-electron chi connectivity index (χ0n) is 21.1. The lowest BCUT2D eigenvalue weighted by Gasteiger charge is -2.34. The molecule has 2 saturated heterocycles. The molecule has 1 aliphatic carbocycles. The number of hydrogen-bond acceptors (Lipinski definition) is 4. The number of carbonyl (C=O) groups excluding carboxylic acids is 3. The molecule has 3 aliphatic heterocycles. The first-order valence-corrected chi connectivity index (χ1v) is 13.4. The van der Waals surface area contributed by atoms with Gasteiger partial charge in [-0.05, 0) is 37.5 Å². The van der Waals surface area contributed by atoms with Gasteiger partial charge in [0.05, 0.1) is 17.9 Å². The molecule has 7 heteroatoms. The first-order chi connectivity index (χ1) is 18.0. The van der Waals surface area contributed by atoms with Crippen LogP contribution in [0.25, 0.3) is 0 Å². The van der Waals surface area contributed by atoms with E-state index in [2.05, 4.69) is 10.6 Å².